The number of carbonyl (C=O) groups is 1. The molecule has 1 amide bonds. The largest absolute Gasteiger partial charge is 0.302 e. The Bertz CT molecular complexity index is 978. The maximum Gasteiger partial charge on any atom is 0.266 e. The maximum atomic E-state index is 12.9. The Labute approximate surface area is 150 Å². The van der Waals surface area contributed by atoms with E-state index < -0.39 is 6.17 Å². The Morgan fingerprint density at radius 3 is 2.58 bits per heavy atom. The predicted octanol–water partition coefficient (Wildman–Crippen LogP) is 1.78. The van der Waals surface area contributed by atoms with E-state index >= 15 is 0 Å². The Morgan fingerprint density at radius 2 is 1.85 bits per heavy atom. The number of anilines is 1. The number of benzene rings is 2. The van der Waals surface area contributed by atoms with Crippen LogP contribution in [0.5, 0.6) is 0 Å². The highest BCUT2D eigenvalue weighted by Gasteiger charge is 2.30. The molecule has 0 saturated carbocycles. The molecule has 1 aromatic heterocycles. The average Bonchev–Trinajstić information content (AvgIpc) is 3.05. The van der Waals surface area contributed by atoms with E-state index in [2.05, 4.69) is 20.2 Å². The number of hydrogen-bond acceptors (Lipinski definition) is 5. The van der Waals surface area contributed by atoms with Crippen molar-refractivity contribution in [2.45, 2.75) is 19.6 Å². The molecule has 0 fully saturated rings. The fourth-order valence-electron chi connectivity index (χ4n) is 3.04. The lowest BCUT2D eigenvalue weighted by Crippen LogP contribution is -2.42. The molecule has 1 atom stereocenters. The number of nitrogens with two attached hydrogens (primary N) is 1. The number of aryl methyl sites for hydroxylation is 1. The minimum absolute atomic E-state index is 0.228. The highest BCUT2D eigenvalue weighted by Crippen LogP contribution is 2.28. The number of para-hydroxylation sites is 1. The Morgan fingerprint density at radius 1 is 1.12 bits per heavy atom. The minimum Gasteiger partial charge on any atom is -0.302 e. The van der Waals surface area contributed by atoms with Crippen molar-refractivity contribution < 1.29 is 4.79 Å². The van der Waals surface area contributed by atoms with Gasteiger partial charge in [0.05, 0.1) is 17.9 Å². The molecule has 1 aliphatic heterocycles. The van der Waals surface area contributed by atoms with Crippen molar-refractivity contribution in [1.29, 1.82) is 0 Å². The van der Waals surface area contributed by atoms with E-state index in [4.69, 9.17) is 5.73 Å². The first kappa shape index (κ1) is 16.2. The van der Waals surface area contributed by atoms with Crippen LogP contribution < -0.4 is 10.6 Å². The van der Waals surface area contributed by atoms with Crippen LogP contribution in [0.3, 0.4) is 0 Å². The lowest BCUT2D eigenvalue weighted by Gasteiger charge is -2.22. The number of nitrogens with zero attached hydrogens (tertiary/aromatic N) is 4. The summed E-state index contributed by atoms with van der Waals surface area (Å²) in [7, 11) is 0. The fourth-order valence-corrected chi connectivity index (χ4v) is 3.04. The van der Waals surface area contributed by atoms with Gasteiger partial charge in [-0.1, -0.05) is 48.5 Å². The molecule has 2 aromatic carbocycles. The number of nitrogens with one attached hydrogen (secondary N) is 1. The second-order valence-corrected chi connectivity index (χ2v) is 6.07. The highest BCUT2D eigenvalue weighted by molar-refractivity contribution is 6.20. The van der Waals surface area contributed by atoms with Crippen molar-refractivity contribution >= 4 is 17.3 Å². The molecule has 7 heteroatoms. The molecule has 4 rings (SSSR count). The molecule has 0 spiro atoms. The normalized spacial score (nSPS) is 16.8. The summed E-state index contributed by atoms with van der Waals surface area (Å²) in [5.41, 5.74) is 9.33. The topological polar surface area (TPSA) is 100 Å². The molecule has 0 bridgehead atoms. The third kappa shape index (κ3) is 2.89. The lowest BCUT2D eigenvalue weighted by molar-refractivity contribution is -0.119. The zero-order chi connectivity index (χ0) is 18.1. The summed E-state index contributed by atoms with van der Waals surface area (Å²) in [6, 6.07) is 17.4. The van der Waals surface area contributed by atoms with Gasteiger partial charge in [0.15, 0.2) is 12.0 Å². The number of aromatic nitrogens is 3. The van der Waals surface area contributed by atoms with E-state index in [1.165, 1.54) is 0 Å². The van der Waals surface area contributed by atoms with Crippen LogP contribution in [0.2, 0.25) is 0 Å². The molecule has 0 saturated heterocycles. The number of fused-ring (bicyclic) bond motifs is 1. The van der Waals surface area contributed by atoms with Gasteiger partial charge in [0.25, 0.3) is 5.91 Å². The van der Waals surface area contributed by atoms with Gasteiger partial charge in [0, 0.05) is 11.1 Å². The van der Waals surface area contributed by atoms with E-state index in [1.54, 1.807) is 4.90 Å². The van der Waals surface area contributed by atoms with Crippen LogP contribution in [-0.4, -0.2) is 33.0 Å². The van der Waals surface area contributed by atoms with Gasteiger partial charge in [-0.25, -0.2) is 4.98 Å². The Hall–Kier alpha value is -3.32. The van der Waals surface area contributed by atoms with Gasteiger partial charge in [0.1, 0.15) is 5.82 Å². The van der Waals surface area contributed by atoms with Gasteiger partial charge in [-0.05, 0) is 13.0 Å². The monoisotopic (exact) mass is 346 g/mol. The molecule has 130 valence electrons. The molecule has 3 aromatic rings. The van der Waals surface area contributed by atoms with Crippen molar-refractivity contribution in [2.24, 2.45) is 10.7 Å². The van der Waals surface area contributed by atoms with E-state index in [0.29, 0.717) is 17.4 Å². The summed E-state index contributed by atoms with van der Waals surface area (Å²) >= 11 is 0. The van der Waals surface area contributed by atoms with Gasteiger partial charge in [-0.3, -0.25) is 14.9 Å². The summed E-state index contributed by atoms with van der Waals surface area (Å²) < 4.78 is 0. The third-order valence-corrected chi connectivity index (χ3v) is 4.23. The van der Waals surface area contributed by atoms with Gasteiger partial charge < -0.3 is 10.6 Å². The van der Waals surface area contributed by atoms with Gasteiger partial charge >= 0.3 is 0 Å². The first-order valence-corrected chi connectivity index (χ1v) is 8.31. The number of rotatable bonds is 3. The number of amides is 1. The van der Waals surface area contributed by atoms with Crippen LogP contribution in [0.25, 0.3) is 0 Å². The van der Waals surface area contributed by atoms with E-state index in [1.807, 2.05) is 61.5 Å². The zero-order valence-corrected chi connectivity index (χ0v) is 14.3. The van der Waals surface area contributed by atoms with E-state index in [0.717, 1.165) is 16.8 Å². The zero-order valence-electron chi connectivity index (χ0n) is 14.3. The number of H-pyrrole nitrogens is 1. The third-order valence-electron chi connectivity index (χ3n) is 4.23. The quantitative estimate of drug-likeness (QED) is 0.755. The highest BCUT2D eigenvalue weighted by atomic mass is 16.2. The summed E-state index contributed by atoms with van der Waals surface area (Å²) in [6.45, 7) is 2.04. The molecule has 0 aliphatic carbocycles. The van der Waals surface area contributed by atoms with Gasteiger partial charge in [-0.15, -0.1) is 0 Å². The van der Waals surface area contributed by atoms with Crippen molar-refractivity contribution in [1.82, 2.24) is 15.2 Å². The number of aromatic amines is 1. The first-order valence-electron chi connectivity index (χ1n) is 8.31. The van der Waals surface area contributed by atoms with Crippen LogP contribution in [0.15, 0.2) is 59.6 Å². The number of aliphatic imine (C=N–C) groups is 1. The lowest BCUT2D eigenvalue weighted by atomic mass is 10.0. The summed E-state index contributed by atoms with van der Waals surface area (Å²) in [5, 5.41) is 6.94. The number of benzodiazepines with no additional fused rings is 1. The summed E-state index contributed by atoms with van der Waals surface area (Å²) in [4.78, 5) is 23.3. The summed E-state index contributed by atoms with van der Waals surface area (Å²) in [6.07, 6.45) is -0.988. The molecule has 1 unspecified atom stereocenters. The number of hydrogen-bond donors (Lipinski definition) is 2. The van der Waals surface area contributed by atoms with Crippen molar-refractivity contribution in [3.05, 3.63) is 77.4 Å². The Balaban J connectivity index is 1.83. The molecule has 2 heterocycles. The maximum absolute atomic E-state index is 12.9. The molecular formula is C19H18N6O. The predicted molar refractivity (Wildman–Crippen MR) is 98.8 cm³/mol. The van der Waals surface area contributed by atoms with Gasteiger partial charge in [0.2, 0.25) is 0 Å². The van der Waals surface area contributed by atoms with Crippen molar-refractivity contribution in [2.75, 3.05) is 4.90 Å². The first-order chi connectivity index (χ1) is 12.6. The van der Waals surface area contributed by atoms with E-state index in [-0.39, 0.29) is 12.5 Å². The molecule has 7 nitrogen and oxygen atoms in total. The number of carbonyl (C=O) groups excluding carboxylic acids is 1. The molecular weight excluding hydrogens is 328 g/mol. The molecule has 3 N–H and O–H groups in total. The molecule has 0 radical (unpaired) electrons. The van der Waals surface area contributed by atoms with Crippen molar-refractivity contribution in [3.63, 3.8) is 0 Å². The Kier molecular flexibility index (Phi) is 4.06. The second-order valence-electron chi connectivity index (χ2n) is 6.07. The van der Waals surface area contributed by atoms with Gasteiger partial charge in [-0.2, -0.15) is 5.10 Å². The van der Waals surface area contributed by atoms with Crippen LogP contribution in [-0.2, 0) is 11.3 Å². The van der Waals surface area contributed by atoms with Crippen LogP contribution in [0.4, 0.5) is 5.69 Å². The van der Waals surface area contributed by atoms with Crippen LogP contribution in [0, 0.1) is 6.92 Å². The van der Waals surface area contributed by atoms with E-state index in [9.17, 15) is 4.79 Å². The van der Waals surface area contributed by atoms with Crippen molar-refractivity contribution in [3.8, 4) is 0 Å². The summed E-state index contributed by atoms with van der Waals surface area (Å²) in [5.74, 6) is 0.938. The minimum atomic E-state index is -0.988. The molecule has 26 heavy (non-hydrogen) atoms. The second kappa shape index (κ2) is 6.53. The smallest absolute Gasteiger partial charge is 0.266 e. The van der Waals surface area contributed by atoms with Crippen LogP contribution >= 0.6 is 0 Å². The SMILES string of the molecule is Cc1nc(CN2C(=O)C(N)N=C(c3ccccc3)c3ccccc32)n[nH]1. The van der Waals surface area contributed by atoms with Crippen LogP contribution in [0.1, 0.15) is 22.8 Å². The fraction of sp³-hybridized carbons (Fsp3) is 0.158. The standard InChI is InChI=1S/C19H18N6O/c1-12-21-16(24-23-12)11-25-15-10-6-5-9-14(15)17(22-18(20)19(25)26)13-7-3-2-4-8-13/h2-10,18H,11,20H2,1H3,(H,21,23,24). The average molecular weight is 346 g/mol. The molecule has 1 aliphatic rings.